The van der Waals surface area contributed by atoms with Crippen molar-refractivity contribution < 1.29 is 4.52 Å². The van der Waals surface area contributed by atoms with Gasteiger partial charge in [0.2, 0.25) is 0 Å². The van der Waals surface area contributed by atoms with E-state index in [0.717, 1.165) is 52.7 Å². The van der Waals surface area contributed by atoms with Crippen molar-refractivity contribution in [3.05, 3.63) is 48.1 Å². The second-order valence-corrected chi connectivity index (χ2v) is 5.97. The highest BCUT2D eigenvalue weighted by molar-refractivity contribution is 6.06. The fraction of sp³-hybridized carbons (Fsp3) is 0.278. The van der Waals surface area contributed by atoms with Crippen LogP contribution in [0.5, 0.6) is 0 Å². The van der Waals surface area contributed by atoms with Gasteiger partial charge in [-0.15, -0.1) is 0 Å². The minimum absolute atomic E-state index is 0.450. The lowest BCUT2D eigenvalue weighted by atomic mass is 10.2. The Morgan fingerprint density at radius 1 is 1.25 bits per heavy atom. The van der Waals surface area contributed by atoms with Crippen LogP contribution in [0.15, 0.2) is 41.2 Å². The molecule has 0 amide bonds. The maximum Gasteiger partial charge on any atom is 0.152 e. The molecule has 0 saturated carbocycles. The molecule has 0 unspecified atom stereocenters. The van der Waals surface area contributed by atoms with Crippen LogP contribution in [0.3, 0.4) is 0 Å². The highest BCUT2D eigenvalue weighted by Crippen LogP contribution is 2.27. The van der Waals surface area contributed by atoms with Gasteiger partial charge in [0, 0.05) is 17.9 Å². The number of fused-ring (bicyclic) bond motifs is 3. The molecule has 24 heavy (non-hydrogen) atoms. The summed E-state index contributed by atoms with van der Waals surface area (Å²) in [6.07, 6.45) is 4.96. The summed E-state index contributed by atoms with van der Waals surface area (Å²) in [6.45, 7) is 2.76. The quantitative estimate of drug-likeness (QED) is 0.608. The summed E-state index contributed by atoms with van der Waals surface area (Å²) >= 11 is 0. The van der Waals surface area contributed by atoms with Gasteiger partial charge in [-0.1, -0.05) is 36.7 Å². The number of aryl methyl sites for hydroxylation is 1. The number of pyridine rings is 1. The second-order valence-electron chi connectivity index (χ2n) is 5.97. The van der Waals surface area contributed by atoms with E-state index >= 15 is 0 Å². The number of nitrogens with two attached hydrogens (primary N) is 1. The van der Waals surface area contributed by atoms with Crippen molar-refractivity contribution in [1.29, 1.82) is 0 Å². The average molecular weight is 321 g/mol. The van der Waals surface area contributed by atoms with E-state index in [0.29, 0.717) is 12.4 Å². The minimum atomic E-state index is 0.450. The molecule has 0 radical (unpaired) electrons. The zero-order valence-corrected chi connectivity index (χ0v) is 13.6. The lowest BCUT2D eigenvalue weighted by Crippen LogP contribution is -2.00. The molecule has 4 aromatic rings. The van der Waals surface area contributed by atoms with Gasteiger partial charge in [0.15, 0.2) is 5.82 Å². The van der Waals surface area contributed by atoms with E-state index in [4.69, 9.17) is 10.3 Å². The molecule has 4 rings (SSSR count). The van der Waals surface area contributed by atoms with Crippen LogP contribution in [0.25, 0.3) is 21.9 Å². The van der Waals surface area contributed by atoms with Gasteiger partial charge in [0.05, 0.1) is 23.9 Å². The Kier molecular flexibility index (Phi) is 3.65. The number of rotatable bonds is 5. The molecule has 0 fully saturated rings. The predicted molar refractivity (Wildman–Crippen MR) is 93.7 cm³/mol. The minimum Gasteiger partial charge on any atom is -0.382 e. The maximum atomic E-state index is 6.07. The maximum absolute atomic E-state index is 6.07. The van der Waals surface area contributed by atoms with E-state index < -0.39 is 0 Å². The summed E-state index contributed by atoms with van der Waals surface area (Å²) in [4.78, 5) is 8.87. The van der Waals surface area contributed by atoms with Gasteiger partial charge in [-0.05, 0) is 12.5 Å². The Balaban J connectivity index is 1.76. The normalized spacial score (nSPS) is 11.5. The van der Waals surface area contributed by atoms with Crippen LogP contribution >= 0.6 is 0 Å². The molecule has 3 heterocycles. The smallest absolute Gasteiger partial charge is 0.152 e. The van der Waals surface area contributed by atoms with Crippen LogP contribution in [0, 0.1) is 0 Å². The molecule has 0 aliphatic carbocycles. The van der Waals surface area contributed by atoms with Crippen molar-refractivity contribution >= 4 is 27.8 Å². The van der Waals surface area contributed by atoms with E-state index in [9.17, 15) is 0 Å². The lowest BCUT2D eigenvalue weighted by Gasteiger charge is -2.06. The first-order valence-electron chi connectivity index (χ1n) is 8.19. The Labute approximate surface area is 139 Å². The van der Waals surface area contributed by atoms with E-state index in [1.54, 1.807) is 6.33 Å². The van der Waals surface area contributed by atoms with Crippen molar-refractivity contribution in [2.75, 3.05) is 5.73 Å². The molecule has 122 valence electrons. The highest BCUT2D eigenvalue weighted by atomic mass is 16.5. The number of anilines is 1. The standard InChI is InChI=1S/C18H19N5O/c1-2-3-6-13-9-12(22-24-13)10-23-11-20-16-17(23)14-7-4-5-8-15(14)21-18(16)19/h4-5,7-9,11H,2-3,6,10H2,1H3,(H2,19,21). The molecule has 6 nitrogen and oxygen atoms in total. The SMILES string of the molecule is CCCCc1cc(Cn2cnc3c(N)nc4ccccc4c32)no1. The number of nitrogen functional groups attached to an aromatic ring is 1. The number of hydrogen-bond acceptors (Lipinski definition) is 5. The number of aromatic nitrogens is 4. The first kappa shape index (κ1) is 14.7. The Morgan fingerprint density at radius 3 is 3.00 bits per heavy atom. The van der Waals surface area contributed by atoms with Crippen molar-refractivity contribution in [1.82, 2.24) is 19.7 Å². The predicted octanol–water partition coefficient (Wildman–Crippen LogP) is 3.55. The third-order valence-corrected chi connectivity index (χ3v) is 4.20. The molecule has 0 saturated heterocycles. The summed E-state index contributed by atoms with van der Waals surface area (Å²) in [6, 6.07) is 9.97. The topological polar surface area (TPSA) is 82.8 Å². The molecule has 0 aliphatic rings. The molecule has 0 aliphatic heterocycles. The molecule has 2 N–H and O–H groups in total. The van der Waals surface area contributed by atoms with Gasteiger partial charge in [0.25, 0.3) is 0 Å². The summed E-state index contributed by atoms with van der Waals surface area (Å²) in [5.41, 5.74) is 9.53. The highest BCUT2D eigenvalue weighted by Gasteiger charge is 2.13. The van der Waals surface area contributed by atoms with Crippen LogP contribution in [0.1, 0.15) is 31.2 Å². The molecule has 0 spiro atoms. The fourth-order valence-corrected chi connectivity index (χ4v) is 3.00. The first-order chi connectivity index (χ1) is 11.8. The summed E-state index contributed by atoms with van der Waals surface area (Å²) in [7, 11) is 0. The molecule has 0 bridgehead atoms. The third kappa shape index (κ3) is 2.50. The monoisotopic (exact) mass is 321 g/mol. The molecular formula is C18H19N5O. The first-order valence-corrected chi connectivity index (χ1v) is 8.19. The number of nitrogens with zero attached hydrogens (tertiary/aromatic N) is 4. The lowest BCUT2D eigenvalue weighted by molar-refractivity contribution is 0.373. The Bertz CT molecular complexity index is 1000. The van der Waals surface area contributed by atoms with Crippen molar-refractivity contribution in [3.63, 3.8) is 0 Å². The van der Waals surface area contributed by atoms with Gasteiger partial charge in [-0.25, -0.2) is 9.97 Å². The van der Waals surface area contributed by atoms with Crippen molar-refractivity contribution in [3.8, 4) is 0 Å². The van der Waals surface area contributed by atoms with E-state index in [1.165, 1.54) is 0 Å². The third-order valence-electron chi connectivity index (χ3n) is 4.20. The van der Waals surface area contributed by atoms with Crippen LogP contribution in [0.2, 0.25) is 0 Å². The van der Waals surface area contributed by atoms with Gasteiger partial charge in [-0.2, -0.15) is 0 Å². The largest absolute Gasteiger partial charge is 0.382 e. The zero-order valence-electron chi connectivity index (χ0n) is 13.6. The Hall–Kier alpha value is -2.89. The van der Waals surface area contributed by atoms with E-state index in [1.807, 2.05) is 30.3 Å². The molecule has 1 aromatic carbocycles. The summed E-state index contributed by atoms with van der Waals surface area (Å²) in [5.74, 6) is 1.38. The zero-order chi connectivity index (χ0) is 16.5. The van der Waals surface area contributed by atoms with Gasteiger partial charge >= 0.3 is 0 Å². The fourth-order valence-electron chi connectivity index (χ4n) is 3.00. The average Bonchev–Trinajstić information content (AvgIpc) is 3.21. The number of imidazole rings is 1. The second kappa shape index (κ2) is 5.96. The van der Waals surface area contributed by atoms with Crippen molar-refractivity contribution in [2.45, 2.75) is 32.7 Å². The van der Waals surface area contributed by atoms with Crippen LogP contribution in [0.4, 0.5) is 5.82 Å². The van der Waals surface area contributed by atoms with E-state index in [2.05, 4.69) is 26.6 Å². The Morgan fingerprint density at radius 2 is 2.12 bits per heavy atom. The number of para-hydroxylation sites is 1. The molecule has 0 atom stereocenters. The summed E-state index contributed by atoms with van der Waals surface area (Å²) in [5, 5.41) is 5.22. The van der Waals surface area contributed by atoms with Crippen molar-refractivity contribution in [2.24, 2.45) is 0 Å². The van der Waals surface area contributed by atoms with Gasteiger partial charge in [0.1, 0.15) is 17.0 Å². The van der Waals surface area contributed by atoms with Crippen LogP contribution in [-0.4, -0.2) is 19.7 Å². The van der Waals surface area contributed by atoms with E-state index in [-0.39, 0.29) is 0 Å². The number of benzene rings is 1. The molecule has 6 heteroatoms. The van der Waals surface area contributed by atoms with Crippen LogP contribution < -0.4 is 5.73 Å². The van der Waals surface area contributed by atoms with Crippen LogP contribution in [-0.2, 0) is 13.0 Å². The van der Waals surface area contributed by atoms with Gasteiger partial charge in [-0.3, -0.25) is 0 Å². The summed E-state index contributed by atoms with van der Waals surface area (Å²) < 4.78 is 7.47. The van der Waals surface area contributed by atoms with Gasteiger partial charge < -0.3 is 14.8 Å². The number of unbranched alkanes of at least 4 members (excludes halogenated alkanes) is 1. The number of hydrogen-bond donors (Lipinski definition) is 1. The molecular weight excluding hydrogens is 302 g/mol. The molecule has 3 aromatic heterocycles.